The molecule has 2 N–H and O–H groups in total. The smallest absolute Gasteiger partial charge is 0.306 e. The van der Waals surface area contributed by atoms with Gasteiger partial charge in [-0.2, -0.15) is 0 Å². The van der Waals surface area contributed by atoms with E-state index in [0.29, 0.717) is 36.6 Å². The summed E-state index contributed by atoms with van der Waals surface area (Å²) in [4.78, 5) is 50.5. The van der Waals surface area contributed by atoms with Crippen molar-refractivity contribution in [2.75, 3.05) is 27.4 Å². The Kier molecular flexibility index (Phi) is 10.6. The molecule has 12 nitrogen and oxygen atoms in total. The van der Waals surface area contributed by atoms with Crippen LogP contribution in [-0.4, -0.2) is 71.2 Å². The van der Waals surface area contributed by atoms with Gasteiger partial charge in [0.15, 0.2) is 28.8 Å². The highest BCUT2D eigenvalue weighted by Crippen LogP contribution is 2.46. The van der Waals surface area contributed by atoms with Crippen LogP contribution < -0.4 is 18.9 Å². The second kappa shape index (κ2) is 14.2. The van der Waals surface area contributed by atoms with Crippen molar-refractivity contribution in [3.05, 3.63) is 45.2 Å². The summed E-state index contributed by atoms with van der Waals surface area (Å²) in [5, 5.41) is 18.4. The molecule has 2 amide bonds. The Morgan fingerprint density at radius 2 is 1.31 bits per heavy atom. The maximum Gasteiger partial charge on any atom is 0.306 e. The van der Waals surface area contributed by atoms with Gasteiger partial charge in [-0.15, -0.1) is 0 Å². The van der Waals surface area contributed by atoms with Gasteiger partial charge in [-0.3, -0.25) is 19.2 Å². The zero-order chi connectivity index (χ0) is 33.0. The Balaban J connectivity index is 1.36. The molecule has 45 heavy (non-hydrogen) atoms. The predicted octanol–water partition coefficient (Wildman–Crippen LogP) is 4.25. The van der Waals surface area contributed by atoms with E-state index in [-0.39, 0.29) is 67.1 Å². The van der Waals surface area contributed by atoms with Crippen LogP contribution in [0.4, 0.5) is 4.39 Å². The molecule has 2 aromatic carbocycles. The van der Waals surface area contributed by atoms with E-state index in [9.17, 15) is 19.2 Å². The lowest BCUT2D eigenvalue weighted by atomic mass is 10.1. The van der Waals surface area contributed by atoms with E-state index < -0.39 is 35.5 Å². The summed E-state index contributed by atoms with van der Waals surface area (Å²) in [6.45, 7) is 3.76. The number of hydrogen-bond acceptors (Lipinski definition) is 8. The molecule has 0 spiro atoms. The number of fused-ring (bicyclic) bond motifs is 2. The van der Waals surface area contributed by atoms with Gasteiger partial charge in [0.05, 0.1) is 44.3 Å². The van der Waals surface area contributed by atoms with Crippen LogP contribution >= 0.6 is 11.6 Å². The Labute approximate surface area is 264 Å². The molecule has 0 unspecified atom stereocenters. The first-order valence-electron chi connectivity index (χ1n) is 14.4. The number of methoxy groups -OCH3 is 2. The van der Waals surface area contributed by atoms with E-state index >= 15 is 4.39 Å². The topological polar surface area (TPSA) is 152 Å². The van der Waals surface area contributed by atoms with Gasteiger partial charge in [0.1, 0.15) is 0 Å². The fraction of sp³-hybridized carbons (Fsp3) is 0.484. The lowest BCUT2D eigenvalue weighted by Gasteiger charge is -2.16. The van der Waals surface area contributed by atoms with E-state index in [2.05, 4.69) is 0 Å². The van der Waals surface area contributed by atoms with Crippen LogP contribution in [0.1, 0.15) is 55.4 Å². The van der Waals surface area contributed by atoms with Crippen molar-refractivity contribution in [2.24, 2.45) is 11.8 Å². The SMILES string of the molecule is COc1cc2c(cc1OCCCOc1c(F)c3c(c(Cl)c1OC)CN(C(=O)C[C@H](C)C(=O)O)C3)CN(C(=O)C[C@H](C)C(=O)O)C2. The number of rotatable bonds is 14. The van der Waals surface area contributed by atoms with Gasteiger partial charge in [0.2, 0.25) is 11.8 Å². The molecular formula is C31H36ClFN2O10. The first kappa shape index (κ1) is 33.6. The van der Waals surface area contributed by atoms with Gasteiger partial charge in [-0.25, -0.2) is 4.39 Å². The largest absolute Gasteiger partial charge is 0.493 e. The molecule has 14 heteroatoms. The second-order valence-electron chi connectivity index (χ2n) is 11.2. The molecule has 4 rings (SSSR count). The Morgan fingerprint density at radius 1 is 0.800 bits per heavy atom. The zero-order valence-electron chi connectivity index (χ0n) is 25.5. The van der Waals surface area contributed by atoms with E-state index in [1.807, 2.05) is 0 Å². The van der Waals surface area contributed by atoms with Gasteiger partial charge in [0, 0.05) is 56.6 Å². The molecule has 2 heterocycles. The van der Waals surface area contributed by atoms with Crippen LogP contribution in [0.15, 0.2) is 12.1 Å². The number of carboxylic acids is 2. The van der Waals surface area contributed by atoms with Gasteiger partial charge in [-0.1, -0.05) is 25.4 Å². The number of carbonyl (C=O) groups is 4. The normalized spacial score (nSPS) is 14.8. The van der Waals surface area contributed by atoms with Crippen molar-refractivity contribution in [1.29, 1.82) is 0 Å². The summed E-state index contributed by atoms with van der Waals surface area (Å²) in [5.74, 6) is -4.42. The molecule has 0 saturated heterocycles. The molecule has 2 atom stereocenters. The van der Waals surface area contributed by atoms with Gasteiger partial charge >= 0.3 is 11.9 Å². The lowest BCUT2D eigenvalue weighted by Crippen LogP contribution is -2.28. The second-order valence-corrected chi connectivity index (χ2v) is 11.5. The van der Waals surface area contributed by atoms with E-state index in [1.165, 1.54) is 33.0 Å². The van der Waals surface area contributed by atoms with Crippen molar-refractivity contribution in [3.63, 3.8) is 0 Å². The summed E-state index contributed by atoms with van der Waals surface area (Å²) in [6, 6.07) is 3.58. The molecule has 244 valence electrons. The van der Waals surface area contributed by atoms with Crippen LogP contribution in [0.3, 0.4) is 0 Å². The third-order valence-electron chi connectivity index (χ3n) is 7.91. The van der Waals surface area contributed by atoms with E-state index in [4.69, 9.17) is 40.8 Å². The molecular weight excluding hydrogens is 615 g/mol. The van der Waals surface area contributed by atoms with Crippen LogP contribution in [0, 0.1) is 17.7 Å². The van der Waals surface area contributed by atoms with Crippen molar-refractivity contribution in [2.45, 2.75) is 59.3 Å². The fourth-order valence-electron chi connectivity index (χ4n) is 5.22. The maximum atomic E-state index is 15.6. The van der Waals surface area contributed by atoms with Gasteiger partial charge < -0.3 is 39.0 Å². The first-order valence-corrected chi connectivity index (χ1v) is 14.8. The Hall–Kier alpha value is -4.26. The van der Waals surface area contributed by atoms with Crippen molar-refractivity contribution in [3.8, 4) is 23.0 Å². The van der Waals surface area contributed by atoms with Gasteiger partial charge in [0.25, 0.3) is 0 Å². The predicted molar refractivity (Wildman–Crippen MR) is 158 cm³/mol. The maximum absolute atomic E-state index is 15.6. The third-order valence-corrected chi connectivity index (χ3v) is 8.31. The minimum atomic E-state index is -1.09. The molecule has 0 fully saturated rings. The monoisotopic (exact) mass is 650 g/mol. The molecule has 0 radical (unpaired) electrons. The molecule has 0 aliphatic carbocycles. The Morgan fingerprint density at radius 3 is 1.84 bits per heavy atom. The quantitative estimate of drug-likeness (QED) is 0.284. The standard InChI is InChI=1S/C31H36ClFN2O10/c1-16(30(38)39)8-24(36)34-12-18-10-22(42-3)23(11-19(18)13-34)44-6-5-7-45-29-27(33)21-15-35(25(37)9-17(2)31(40)41)14-20(21)26(32)28(29)43-4/h10-11,16-17H,5-9,12-15H2,1-4H3,(H,38,39)(H,40,41)/t16-,17-/m0/s1. The molecule has 0 bridgehead atoms. The minimum absolute atomic E-state index is 0.000760. The van der Waals surface area contributed by atoms with Crippen molar-refractivity contribution in [1.82, 2.24) is 9.80 Å². The summed E-state index contributed by atoms with van der Waals surface area (Å²) in [5.41, 5.74) is 2.32. The number of nitrogens with zero attached hydrogens (tertiary/aromatic N) is 2. The third kappa shape index (κ3) is 7.35. The van der Waals surface area contributed by atoms with E-state index in [1.54, 1.807) is 17.0 Å². The minimum Gasteiger partial charge on any atom is -0.493 e. The molecule has 0 saturated carbocycles. The number of aliphatic carboxylic acids is 2. The van der Waals surface area contributed by atoms with Crippen molar-refractivity contribution < 1.29 is 52.7 Å². The molecule has 2 aliphatic heterocycles. The number of halogens is 2. The number of carboxylic acid groups (broad SMARTS) is 2. The Bertz CT molecular complexity index is 1500. The summed E-state index contributed by atoms with van der Waals surface area (Å²) < 4.78 is 38.1. The van der Waals surface area contributed by atoms with Crippen LogP contribution in [-0.2, 0) is 45.4 Å². The van der Waals surface area contributed by atoms with Crippen molar-refractivity contribution >= 4 is 35.4 Å². The van der Waals surface area contributed by atoms with E-state index in [0.717, 1.165) is 11.1 Å². The molecule has 2 aliphatic rings. The number of hydrogen-bond donors (Lipinski definition) is 2. The number of amides is 2. The summed E-state index contributed by atoms with van der Waals surface area (Å²) >= 11 is 6.53. The summed E-state index contributed by atoms with van der Waals surface area (Å²) in [6.07, 6.45) is 0.0283. The lowest BCUT2D eigenvalue weighted by molar-refractivity contribution is -0.145. The van der Waals surface area contributed by atoms with Crippen LogP contribution in [0.25, 0.3) is 0 Å². The highest BCUT2D eigenvalue weighted by atomic mass is 35.5. The number of carbonyl (C=O) groups excluding carboxylic acids is 2. The van der Waals surface area contributed by atoms with Crippen LogP contribution in [0.5, 0.6) is 23.0 Å². The highest BCUT2D eigenvalue weighted by molar-refractivity contribution is 6.33. The molecule has 2 aromatic rings. The fourth-order valence-corrected chi connectivity index (χ4v) is 5.56. The van der Waals surface area contributed by atoms with Gasteiger partial charge in [-0.05, 0) is 23.3 Å². The highest BCUT2D eigenvalue weighted by Gasteiger charge is 2.34. The summed E-state index contributed by atoms with van der Waals surface area (Å²) in [7, 11) is 2.83. The average Bonchev–Trinajstić information content (AvgIpc) is 3.64. The number of ether oxygens (including phenoxy) is 4. The number of benzene rings is 2. The molecule has 0 aromatic heterocycles. The average molecular weight is 651 g/mol. The zero-order valence-corrected chi connectivity index (χ0v) is 26.2. The van der Waals surface area contributed by atoms with Crippen LogP contribution in [0.2, 0.25) is 5.02 Å². The first-order chi connectivity index (χ1) is 21.4.